The second-order valence-electron chi connectivity index (χ2n) is 3.95. The Kier molecular flexibility index (Phi) is 4.47. The summed E-state index contributed by atoms with van der Waals surface area (Å²) in [5, 5.41) is 5.40. The lowest BCUT2D eigenvalue weighted by atomic mass is 10.3. The summed E-state index contributed by atoms with van der Waals surface area (Å²) in [6.07, 6.45) is 2.44. The number of hydrogen-bond donors (Lipinski definition) is 1. The number of hydrogen-bond acceptors (Lipinski definition) is 5. The largest absolute Gasteiger partial charge is 0.382 e. The lowest BCUT2D eigenvalue weighted by Gasteiger charge is -2.03. The van der Waals surface area contributed by atoms with Crippen LogP contribution in [0.1, 0.15) is 24.5 Å². The first-order valence-corrected chi connectivity index (χ1v) is 6.49. The molecule has 1 N–H and O–H groups in total. The van der Waals surface area contributed by atoms with Gasteiger partial charge in [-0.2, -0.15) is 0 Å². The zero-order valence-corrected chi connectivity index (χ0v) is 10.6. The van der Waals surface area contributed by atoms with Crippen molar-refractivity contribution in [1.82, 2.24) is 4.98 Å². The van der Waals surface area contributed by atoms with Gasteiger partial charge in [-0.1, -0.05) is 0 Å². The minimum absolute atomic E-state index is 0.0434. The molecule has 1 heterocycles. The van der Waals surface area contributed by atoms with E-state index in [0.29, 0.717) is 24.3 Å². The maximum absolute atomic E-state index is 11.5. The van der Waals surface area contributed by atoms with Gasteiger partial charge in [0.05, 0.1) is 18.9 Å². The van der Waals surface area contributed by atoms with Gasteiger partial charge < -0.3 is 9.47 Å². The number of carbonyl (C=O) groups excluding carboxylic acids is 1. The first-order valence-electron chi connectivity index (χ1n) is 5.61. The third-order valence-electron chi connectivity index (χ3n) is 2.43. The monoisotopic (exact) mass is 256 g/mol. The quantitative estimate of drug-likeness (QED) is 0.753. The van der Waals surface area contributed by atoms with Crippen LogP contribution in [0.2, 0.25) is 0 Å². The maximum Gasteiger partial charge on any atom is 0.252 e. The van der Waals surface area contributed by atoms with Gasteiger partial charge in [-0.05, 0) is 12.8 Å². The Hall–Kier alpha value is -0.980. The summed E-state index contributed by atoms with van der Waals surface area (Å²) >= 11 is 1.47. The summed E-state index contributed by atoms with van der Waals surface area (Å²) in [6, 6.07) is 0. The molecule has 2 rings (SSSR count). The summed E-state index contributed by atoms with van der Waals surface area (Å²) in [6.45, 7) is 0.965. The average Bonchev–Trinajstić information content (AvgIpc) is 3.07. The van der Waals surface area contributed by atoms with Gasteiger partial charge >= 0.3 is 0 Å². The predicted molar refractivity (Wildman–Crippen MR) is 65.4 cm³/mol. The zero-order valence-electron chi connectivity index (χ0n) is 9.77. The molecular weight excluding hydrogens is 240 g/mol. The maximum atomic E-state index is 11.5. The average molecular weight is 256 g/mol. The van der Waals surface area contributed by atoms with E-state index in [1.807, 2.05) is 5.38 Å². The lowest BCUT2D eigenvalue weighted by Crippen LogP contribution is -2.19. The first-order chi connectivity index (χ1) is 8.29. The zero-order chi connectivity index (χ0) is 12.1. The molecule has 6 heteroatoms. The van der Waals surface area contributed by atoms with Crippen molar-refractivity contribution >= 4 is 22.4 Å². The van der Waals surface area contributed by atoms with Crippen molar-refractivity contribution < 1.29 is 14.3 Å². The third-order valence-corrected chi connectivity index (χ3v) is 3.20. The van der Waals surface area contributed by atoms with E-state index in [1.54, 1.807) is 7.11 Å². The number of nitrogens with one attached hydrogen (secondary N) is 1. The number of methoxy groups -OCH3 is 1. The summed E-state index contributed by atoms with van der Waals surface area (Å²) in [5.74, 6) is 0.452. The van der Waals surface area contributed by atoms with E-state index in [4.69, 9.17) is 9.47 Å². The second-order valence-corrected chi connectivity index (χ2v) is 4.80. The molecule has 0 saturated heterocycles. The van der Waals surface area contributed by atoms with Crippen LogP contribution in [-0.4, -0.2) is 37.8 Å². The van der Waals surface area contributed by atoms with Gasteiger partial charge in [-0.25, -0.2) is 4.98 Å². The van der Waals surface area contributed by atoms with Gasteiger partial charge in [0.1, 0.15) is 6.61 Å². The molecule has 1 aliphatic rings. The topological polar surface area (TPSA) is 60.5 Å². The Labute approximate surface area is 104 Å². The molecule has 1 amide bonds. The molecule has 1 fully saturated rings. The van der Waals surface area contributed by atoms with Crippen LogP contribution in [0.15, 0.2) is 5.38 Å². The number of nitrogens with zero attached hydrogens (tertiary/aromatic N) is 1. The Bertz CT molecular complexity index is 377. The highest BCUT2D eigenvalue weighted by Crippen LogP contribution is 2.40. The highest BCUT2D eigenvalue weighted by atomic mass is 32.1. The molecule has 0 atom stereocenters. The van der Waals surface area contributed by atoms with Crippen molar-refractivity contribution in [2.75, 3.05) is 32.2 Å². The minimum atomic E-state index is -0.169. The molecule has 1 saturated carbocycles. The predicted octanol–water partition coefficient (Wildman–Crippen LogP) is 1.62. The van der Waals surface area contributed by atoms with E-state index in [-0.39, 0.29) is 12.5 Å². The summed E-state index contributed by atoms with van der Waals surface area (Å²) in [7, 11) is 1.60. The first kappa shape index (κ1) is 12.5. The molecule has 94 valence electrons. The van der Waals surface area contributed by atoms with Gasteiger partial charge in [0.15, 0.2) is 5.13 Å². The molecular formula is C11H16N2O3S. The van der Waals surface area contributed by atoms with Crippen molar-refractivity contribution in [2.24, 2.45) is 0 Å². The number of aromatic nitrogens is 1. The van der Waals surface area contributed by atoms with Crippen LogP contribution in [0.3, 0.4) is 0 Å². The standard InChI is InChI=1S/C11H16N2O3S/c1-15-4-5-16-6-10(14)13-11-12-9(7-17-11)8-2-3-8/h7-8H,2-6H2,1H3,(H,12,13,14). The van der Waals surface area contributed by atoms with Crippen LogP contribution >= 0.6 is 11.3 Å². The molecule has 5 nitrogen and oxygen atoms in total. The molecule has 1 aliphatic carbocycles. The van der Waals surface area contributed by atoms with Crippen LogP contribution in [0.25, 0.3) is 0 Å². The van der Waals surface area contributed by atoms with Crippen LogP contribution in [0, 0.1) is 0 Å². The van der Waals surface area contributed by atoms with E-state index >= 15 is 0 Å². The van der Waals surface area contributed by atoms with Crippen LogP contribution in [0.5, 0.6) is 0 Å². The molecule has 0 aliphatic heterocycles. The Morgan fingerprint density at radius 2 is 2.41 bits per heavy atom. The van der Waals surface area contributed by atoms with Crippen molar-refractivity contribution in [3.63, 3.8) is 0 Å². The summed E-state index contributed by atoms with van der Waals surface area (Å²) in [4.78, 5) is 15.8. The molecule has 1 aromatic heterocycles. The number of ether oxygens (including phenoxy) is 2. The van der Waals surface area contributed by atoms with Gasteiger partial charge in [0.25, 0.3) is 5.91 Å². The van der Waals surface area contributed by atoms with Gasteiger partial charge in [0, 0.05) is 18.4 Å². The van der Waals surface area contributed by atoms with E-state index < -0.39 is 0 Å². The van der Waals surface area contributed by atoms with E-state index in [0.717, 1.165) is 5.69 Å². The van der Waals surface area contributed by atoms with Gasteiger partial charge in [-0.15, -0.1) is 11.3 Å². The minimum Gasteiger partial charge on any atom is -0.382 e. The Morgan fingerprint density at radius 1 is 1.59 bits per heavy atom. The lowest BCUT2D eigenvalue weighted by molar-refractivity contribution is -0.121. The van der Waals surface area contributed by atoms with Crippen molar-refractivity contribution in [2.45, 2.75) is 18.8 Å². The van der Waals surface area contributed by atoms with Crippen LogP contribution in [-0.2, 0) is 14.3 Å². The number of amides is 1. The molecule has 1 aromatic rings. The Balaban J connectivity index is 1.69. The second kappa shape index (κ2) is 6.09. The highest BCUT2D eigenvalue weighted by molar-refractivity contribution is 7.13. The number of rotatable bonds is 7. The van der Waals surface area contributed by atoms with Gasteiger partial charge in [-0.3, -0.25) is 10.1 Å². The molecule has 0 aromatic carbocycles. The SMILES string of the molecule is COCCOCC(=O)Nc1nc(C2CC2)cs1. The third kappa shape index (κ3) is 4.07. The van der Waals surface area contributed by atoms with E-state index in [1.165, 1.54) is 24.2 Å². The van der Waals surface area contributed by atoms with E-state index in [9.17, 15) is 4.79 Å². The fourth-order valence-corrected chi connectivity index (χ4v) is 2.18. The highest BCUT2D eigenvalue weighted by Gasteiger charge is 2.26. The smallest absolute Gasteiger partial charge is 0.252 e. The van der Waals surface area contributed by atoms with Crippen molar-refractivity contribution in [1.29, 1.82) is 0 Å². The van der Waals surface area contributed by atoms with Gasteiger partial charge in [0.2, 0.25) is 0 Å². The van der Waals surface area contributed by atoms with Crippen molar-refractivity contribution in [3.8, 4) is 0 Å². The van der Waals surface area contributed by atoms with Crippen LogP contribution < -0.4 is 5.32 Å². The normalized spacial score (nSPS) is 14.9. The fourth-order valence-electron chi connectivity index (χ4n) is 1.37. The number of carbonyl (C=O) groups is 1. The molecule has 0 radical (unpaired) electrons. The summed E-state index contributed by atoms with van der Waals surface area (Å²) in [5.41, 5.74) is 1.10. The Morgan fingerprint density at radius 3 is 3.12 bits per heavy atom. The number of anilines is 1. The van der Waals surface area contributed by atoms with Crippen molar-refractivity contribution in [3.05, 3.63) is 11.1 Å². The number of thiazole rings is 1. The molecule has 17 heavy (non-hydrogen) atoms. The fraction of sp³-hybridized carbons (Fsp3) is 0.636. The van der Waals surface area contributed by atoms with E-state index in [2.05, 4.69) is 10.3 Å². The molecule has 0 unspecified atom stereocenters. The molecule has 0 bridgehead atoms. The van der Waals surface area contributed by atoms with Crippen LogP contribution in [0.4, 0.5) is 5.13 Å². The summed E-state index contributed by atoms with van der Waals surface area (Å²) < 4.78 is 9.93. The molecule has 0 spiro atoms.